The molecule has 1 N–H and O–H groups in total. The van der Waals surface area contributed by atoms with E-state index in [0.29, 0.717) is 16.6 Å². The maximum absolute atomic E-state index is 13.8. The third-order valence-corrected chi connectivity index (χ3v) is 2.49. The highest BCUT2D eigenvalue weighted by Crippen LogP contribution is 2.14. The topological polar surface area (TPSA) is 59.0 Å². The van der Waals surface area contributed by atoms with Gasteiger partial charge in [0.15, 0.2) is 5.75 Å². The summed E-state index contributed by atoms with van der Waals surface area (Å²) in [5, 5.41) is 9.52. The summed E-state index contributed by atoms with van der Waals surface area (Å²) in [4.78, 5) is 16.2. The Kier molecular flexibility index (Phi) is 4.98. The molecule has 0 aromatic heterocycles. The lowest BCUT2D eigenvalue weighted by Crippen LogP contribution is -2.39. The van der Waals surface area contributed by atoms with Crippen molar-refractivity contribution >= 4 is 6.09 Å². The SMILES string of the molecule is O=C(O)N(CC(F)Oc1ccccc1)Oc1ccccc1. The van der Waals surface area contributed by atoms with Crippen molar-refractivity contribution in [1.82, 2.24) is 5.06 Å². The first-order chi connectivity index (χ1) is 10.1. The molecule has 0 bridgehead atoms. The summed E-state index contributed by atoms with van der Waals surface area (Å²) in [6, 6.07) is 16.6. The van der Waals surface area contributed by atoms with E-state index in [-0.39, 0.29) is 0 Å². The number of carboxylic acid groups (broad SMARTS) is 1. The maximum atomic E-state index is 13.8. The predicted octanol–water partition coefficient (Wildman–Crippen LogP) is 3.34. The second-order valence-electron chi connectivity index (χ2n) is 4.09. The minimum absolute atomic E-state index is 0.298. The lowest BCUT2D eigenvalue weighted by Gasteiger charge is -2.21. The van der Waals surface area contributed by atoms with E-state index in [2.05, 4.69) is 0 Å². The molecule has 1 unspecified atom stereocenters. The van der Waals surface area contributed by atoms with Gasteiger partial charge < -0.3 is 14.7 Å². The van der Waals surface area contributed by atoms with Crippen molar-refractivity contribution < 1.29 is 23.9 Å². The molecule has 1 atom stereocenters. The predicted molar refractivity (Wildman–Crippen MR) is 73.8 cm³/mol. The third-order valence-electron chi connectivity index (χ3n) is 2.49. The van der Waals surface area contributed by atoms with Gasteiger partial charge in [0.1, 0.15) is 12.3 Å². The first-order valence-electron chi connectivity index (χ1n) is 6.24. The van der Waals surface area contributed by atoms with Crippen molar-refractivity contribution in [1.29, 1.82) is 0 Å². The van der Waals surface area contributed by atoms with Crippen LogP contribution in [0.5, 0.6) is 11.5 Å². The van der Waals surface area contributed by atoms with E-state index in [1.807, 2.05) is 0 Å². The van der Waals surface area contributed by atoms with E-state index in [0.717, 1.165) is 0 Å². The van der Waals surface area contributed by atoms with Crippen molar-refractivity contribution in [3.05, 3.63) is 60.7 Å². The summed E-state index contributed by atoms with van der Waals surface area (Å²) in [5.41, 5.74) is 0. The van der Waals surface area contributed by atoms with Gasteiger partial charge in [-0.05, 0) is 24.3 Å². The van der Waals surface area contributed by atoms with Gasteiger partial charge in [0.05, 0.1) is 0 Å². The molecule has 0 aliphatic rings. The fourth-order valence-corrected chi connectivity index (χ4v) is 1.58. The molecule has 2 aromatic rings. The number of carbonyl (C=O) groups is 1. The van der Waals surface area contributed by atoms with Gasteiger partial charge in [-0.3, -0.25) is 0 Å². The number of amides is 1. The Hall–Kier alpha value is -2.76. The number of benzene rings is 2. The number of hydrogen-bond donors (Lipinski definition) is 1. The van der Waals surface area contributed by atoms with Crippen LogP contribution in [-0.2, 0) is 0 Å². The summed E-state index contributed by atoms with van der Waals surface area (Å²) in [6.07, 6.45) is -3.25. The van der Waals surface area contributed by atoms with Crippen molar-refractivity contribution in [3.8, 4) is 11.5 Å². The van der Waals surface area contributed by atoms with Crippen LogP contribution in [0, 0.1) is 0 Å². The molecule has 0 heterocycles. The monoisotopic (exact) mass is 291 g/mol. The van der Waals surface area contributed by atoms with E-state index in [4.69, 9.17) is 14.7 Å². The van der Waals surface area contributed by atoms with E-state index in [1.54, 1.807) is 60.7 Å². The Labute approximate surface area is 121 Å². The van der Waals surface area contributed by atoms with Crippen molar-refractivity contribution in [2.75, 3.05) is 6.54 Å². The molecule has 0 saturated carbocycles. The molecule has 0 spiro atoms. The summed E-state index contributed by atoms with van der Waals surface area (Å²) in [5.74, 6) is 0.613. The zero-order valence-corrected chi connectivity index (χ0v) is 11.1. The van der Waals surface area contributed by atoms with Gasteiger partial charge in [0.2, 0.25) is 0 Å². The van der Waals surface area contributed by atoms with Crippen LogP contribution in [0.3, 0.4) is 0 Å². The number of hydroxylamine groups is 2. The minimum Gasteiger partial charge on any atom is -0.463 e. The highest BCUT2D eigenvalue weighted by Gasteiger charge is 2.21. The molecule has 0 saturated heterocycles. The molecule has 1 amide bonds. The number of ether oxygens (including phenoxy) is 1. The van der Waals surface area contributed by atoms with Crippen molar-refractivity contribution in [3.63, 3.8) is 0 Å². The van der Waals surface area contributed by atoms with Crippen molar-refractivity contribution in [2.45, 2.75) is 6.36 Å². The van der Waals surface area contributed by atoms with E-state index in [9.17, 15) is 9.18 Å². The number of hydrogen-bond acceptors (Lipinski definition) is 3. The molecule has 0 aliphatic carbocycles. The molecule has 5 nitrogen and oxygen atoms in total. The lowest BCUT2D eigenvalue weighted by atomic mass is 10.3. The van der Waals surface area contributed by atoms with Crippen LogP contribution in [0.25, 0.3) is 0 Å². The van der Waals surface area contributed by atoms with E-state index >= 15 is 0 Å². The maximum Gasteiger partial charge on any atom is 0.440 e. The van der Waals surface area contributed by atoms with Crippen LogP contribution < -0.4 is 9.57 Å². The van der Waals surface area contributed by atoms with Gasteiger partial charge in [-0.15, -0.1) is 5.06 Å². The van der Waals surface area contributed by atoms with Gasteiger partial charge in [0, 0.05) is 0 Å². The van der Waals surface area contributed by atoms with Crippen LogP contribution in [0.1, 0.15) is 0 Å². The summed E-state index contributed by atoms with van der Waals surface area (Å²) < 4.78 is 18.8. The van der Waals surface area contributed by atoms with Crippen LogP contribution in [-0.4, -0.2) is 29.2 Å². The van der Waals surface area contributed by atoms with Crippen LogP contribution in [0.15, 0.2) is 60.7 Å². The first-order valence-corrected chi connectivity index (χ1v) is 6.24. The molecule has 110 valence electrons. The van der Waals surface area contributed by atoms with Crippen LogP contribution in [0.2, 0.25) is 0 Å². The standard InChI is InChI=1S/C15H14FNO4/c16-14(20-12-7-3-1-4-8-12)11-17(15(18)19)21-13-9-5-2-6-10-13/h1-10,14H,11H2,(H,18,19). The zero-order chi connectivity index (χ0) is 15.1. The number of para-hydroxylation sites is 2. The van der Waals surface area contributed by atoms with Gasteiger partial charge in [0.25, 0.3) is 6.36 Å². The van der Waals surface area contributed by atoms with E-state index in [1.165, 1.54) is 0 Å². The molecule has 2 rings (SSSR count). The average molecular weight is 291 g/mol. The van der Waals surface area contributed by atoms with Gasteiger partial charge in [-0.25, -0.2) is 4.79 Å². The van der Waals surface area contributed by atoms with Gasteiger partial charge in [-0.2, -0.15) is 4.39 Å². The molecule has 6 heteroatoms. The van der Waals surface area contributed by atoms with Crippen molar-refractivity contribution in [2.24, 2.45) is 0 Å². The second-order valence-corrected chi connectivity index (χ2v) is 4.09. The normalized spacial score (nSPS) is 11.5. The lowest BCUT2D eigenvalue weighted by molar-refractivity contribution is -0.0816. The minimum atomic E-state index is -1.84. The van der Waals surface area contributed by atoms with Crippen LogP contribution >= 0.6 is 0 Å². The zero-order valence-electron chi connectivity index (χ0n) is 11.1. The molecular weight excluding hydrogens is 277 g/mol. The Morgan fingerprint density at radius 1 is 1.05 bits per heavy atom. The number of nitrogens with zero attached hydrogens (tertiary/aromatic N) is 1. The Balaban J connectivity index is 1.95. The van der Waals surface area contributed by atoms with E-state index < -0.39 is 19.0 Å². The third kappa shape index (κ3) is 4.68. The smallest absolute Gasteiger partial charge is 0.440 e. The fourth-order valence-electron chi connectivity index (χ4n) is 1.58. The number of halogens is 1. The Bertz CT molecular complexity index is 564. The number of alkyl halides is 1. The number of rotatable bonds is 6. The second kappa shape index (κ2) is 7.14. The molecule has 2 aromatic carbocycles. The Morgan fingerprint density at radius 3 is 2.10 bits per heavy atom. The molecule has 0 aliphatic heterocycles. The van der Waals surface area contributed by atoms with Gasteiger partial charge >= 0.3 is 6.09 Å². The molecule has 21 heavy (non-hydrogen) atoms. The highest BCUT2D eigenvalue weighted by atomic mass is 19.1. The summed E-state index contributed by atoms with van der Waals surface area (Å²) >= 11 is 0. The molecule has 0 fully saturated rings. The quantitative estimate of drug-likeness (QED) is 0.829. The Morgan fingerprint density at radius 2 is 1.57 bits per heavy atom. The molecule has 0 radical (unpaired) electrons. The van der Waals surface area contributed by atoms with Crippen LogP contribution in [0.4, 0.5) is 9.18 Å². The summed E-state index contributed by atoms with van der Waals surface area (Å²) in [6.45, 7) is -0.570. The fraction of sp³-hybridized carbons (Fsp3) is 0.133. The van der Waals surface area contributed by atoms with Gasteiger partial charge in [-0.1, -0.05) is 36.4 Å². The average Bonchev–Trinajstić information content (AvgIpc) is 2.48. The highest BCUT2D eigenvalue weighted by molar-refractivity contribution is 5.63. The first kappa shape index (κ1) is 14.6. The largest absolute Gasteiger partial charge is 0.463 e. The summed E-state index contributed by atoms with van der Waals surface area (Å²) in [7, 11) is 0. The molecular formula is C15H14FNO4.